The van der Waals surface area contributed by atoms with Gasteiger partial charge in [0, 0.05) is 58.3 Å². The van der Waals surface area contributed by atoms with E-state index < -0.39 is 16.8 Å². The highest BCUT2D eigenvalue weighted by Gasteiger charge is 2.65. The summed E-state index contributed by atoms with van der Waals surface area (Å²) in [6, 6.07) is 32.3. The molecule has 18 nitrogen and oxygen atoms in total. The van der Waals surface area contributed by atoms with Crippen LogP contribution in [0, 0.1) is 68.0 Å². The van der Waals surface area contributed by atoms with Gasteiger partial charge in [0.2, 0.25) is 0 Å². The first-order chi connectivity index (χ1) is 63.7. The summed E-state index contributed by atoms with van der Waals surface area (Å²) in [5.74, 6) is -0.934. The molecule has 5 saturated heterocycles. The zero-order chi connectivity index (χ0) is 92.4. The zero-order valence-corrected chi connectivity index (χ0v) is 77.4. The molecule has 1 N–H and O–H groups in total. The maximum absolute atomic E-state index is 13.3. The van der Waals surface area contributed by atoms with Crippen LogP contribution in [-0.2, 0) is 65.4 Å². The van der Waals surface area contributed by atoms with Crippen LogP contribution in [0.4, 0.5) is 22.0 Å². The van der Waals surface area contributed by atoms with E-state index in [4.69, 9.17) is 23.7 Å². The zero-order valence-electron chi connectivity index (χ0n) is 77.4. The Morgan fingerprint density at radius 2 is 0.677 bits per heavy atom. The summed E-state index contributed by atoms with van der Waals surface area (Å²) < 4.78 is 107. The van der Waals surface area contributed by atoms with Crippen LogP contribution < -0.4 is 0 Å². The van der Waals surface area contributed by atoms with Crippen LogP contribution in [0.15, 0.2) is 204 Å². The summed E-state index contributed by atoms with van der Waals surface area (Å²) in [6.07, 6.45) is 45.2. The van der Waals surface area contributed by atoms with Crippen molar-refractivity contribution in [1.29, 1.82) is 0 Å². The third-order valence-corrected chi connectivity index (χ3v) is 33.9. The van der Waals surface area contributed by atoms with Gasteiger partial charge in [-0.2, -0.15) is 25.5 Å². The number of fused-ring (bicyclic) bond motifs is 15. The molecule has 133 heavy (non-hydrogen) atoms. The number of halogens is 5. The van der Waals surface area contributed by atoms with E-state index in [0.717, 1.165) is 216 Å². The molecule has 0 amide bonds. The van der Waals surface area contributed by atoms with Crippen molar-refractivity contribution < 1.29 is 60.3 Å². The van der Waals surface area contributed by atoms with Gasteiger partial charge in [-0.15, -0.1) is 0 Å². The Balaban J connectivity index is 0.000000100. The molecule has 10 heterocycles. The molecular formula is C110H117F5N10O8. The van der Waals surface area contributed by atoms with Gasteiger partial charge in [0.05, 0.1) is 136 Å². The van der Waals surface area contributed by atoms with E-state index in [1.807, 2.05) is 68.2 Å². The van der Waals surface area contributed by atoms with E-state index in [0.29, 0.717) is 37.5 Å². The fourth-order valence-electron chi connectivity index (χ4n) is 26.5. The monoisotopic (exact) mass is 1800 g/mol. The molecule has 13 atom stereocenters. The summed E-state index contributed by atoms with van der Waals surface area (Å²) >= 11 is 0. The lowest BCUT2D eigenvalue weighted by Gasteiger charge is -2.52. The number of benzene rings is 5. The molecule has 3 unspecified atom stereocenters. The molecule has 5 aromatic carbocycles. The smallest absolute Gasteiger partial charge is 0.334 e. The second-order valence-electron chi connectivity index (χ2n) is 42.3. The van der Waals surface area contributed by atoms with E-state index >= 15 is 0 Å². The summed E-state index contributed by atoms with van der Waals surface area (Å²) in [7, 11) is 0. The molecule has 0 radical (unpaired) electrons. The van der Waals surface area contributed by atoms with Crippen molar-refractivity contribution in [1.82, 2.24) is 48.9 Å². The molecular weight excluding hydrogens is 1680 g/mol. The normalized spacial score (nSPS) is 31.9. The summed E-state index contributed by atoms with van der Waals surface area (Å²) in [5, 5.41) is 33.5. The number of hydrogen-bond donors (Lipinski definition) is 1. The lowest BCUT2D eigenvalue weighted by atomic mass is 9.55. The van der Waals surface area contributed by atoms with Crippen LogP contribution in [0.5, 0.6) is 0 Å². The number of aliphatic hydroxyl groups is 1. The Kier molecular flexibility index (Phi) is 21.6. The van der Waals surface area contributed by atoms with Crippen molar-refractivity contribution in [3.05, 3.63) is 290 Å². The molecule has 10 aliphatic carbocycles. The van der Waals surface area contributed by atoms with E-state index in [-0.39, 0.29) is 90.8 Å². The van der Waals surface area contributed by atoms with Crippen molar-refractivity contribution in [2.24, 2.45) is 38.9 Å². The van der Waals surface area contributed by atoms with Gasteiger partial charge in [0.1, 0.15) is 40.3 Å². The van der Waals surface area contributed by atoms with Crippen molar-refractivity contribution in [3.8, 4) is 28.4 Å². The van der Waals surface area contributed by atoms with Crippen molar-refractivity contribution in [2.75, 3.05) is 19.8 Å². The predicted molar refractivity (Wildman–Crippen MR) is 500 cm³/mol. The minimum absolute atomic E-state index is 0.00561. The maximum Gasteiger partial charge on any atom is 0.334 e. The second-order valence-corrected chi connectivity index (χ2v) is 42.3. The fourth-order valence-corrected chi connectivity index (χ4v) is 26.5. The number of rotatable bonds is 5. The Labute approximate surface area is 773 Å². The molecule has 5 saturated carbocycles. The van der Waals surface area contributed by atoms with E-state index in [9.17, 15) is 36.6 Å². The van der Waals surface area contributed by atoms with Gasteiger partial charge in [-0.05, 0) is 333 Å². The number of carbonyl (C=O) groups is 2. The van der Waals surface area contributed by atoms with Crippen LogP contribution >= 0.6 is 0 Å². The average Bonchev–Trinajstić information content (AvgIpc) is 1.57. The first kappa shape index (κ1) is 88.4. The number of esters is 2. The minimum atomic E-state index is -0.760. The first-order valence-electron chi connectivity index (χ1n) is 47.8. The van der Waals surface area contributed by atoms with Crippen molar-refractivity contribution >= 4 is 42.3 Å². The van der Waals surface area contributed by atoms with Crippen molar-refractivity contribution in [2.45, 2.75) is 250 Å². The van der Waals surface area contributed by atoms with Gasteiger partial charge in [0.15, 0.2) is 0 Å². The van der Waals surface area contributed by atoms with Crippen molar-refractivity contribution in [3.63, 3.8) is 0 Å². The quantitative estimate of drug-likeness (QED) is 0.0742. The Bertz CT molecular complexity index is 6490. The number of carbonyl (C=O) groups excluding carboxylic acids is 2. The van der Waals surface area contributed by atoms with Crippen LogP contribution in [0.1, 0.15) is 240 Å². The van der Waals surface area contributed by atoms with Gasteiger partial charge >= 0.3 is 11.9 Å². The van der Waals surface area contributed by atoms with Crippen LogP contribution in [0.3, 0.4) is 0 Å². The van der Waals surface area contributed by atoms with Crippen LogP contribution in [-0.4, -0.2) is 119 Å². The summed E-state index contributed by atoms with van der Waals surface area (Å²) in [6.45, 7) is 27.7. The van der Waals surface area contributed by atoms with Gasteiger partial charge in [0.25, 0.3) is 0 Å². The number of nitrogens with zero attached hydrogens (tertiary/aromatic N) is 10. The number of ether oxygens (including phenoxy) is 5. The molecule has 10 aromatic rings. The van der Waals surface area contributed by atoms with Gasteiger partial charge in [-0.1, -0.05) is 89.5 Å². The average molecular weight is 1800 g/mol. The Morgan fingerprint density at radius 3 is 0.970 bits per heavy atom. The summed E-state index contributed by atoms with van der Waals surface area (Å²) in [5.41, 5.74) is 21.9. The van der Waals surface area contributed by atoms with Gasteiger partial charge in [-0.25, -0.2) is 50.2 Å². The maximum atomic E-state index is 13.3. The van der Waals surface area contributed by atoms with E-state index in [1.54, 1.807) is 60.7 Å². The molecule has 23 heteroatoms. The van der Waals surface area contributed by atoms with Crippen LogP contribution in [0.25, 0.3) is 58.8 Å². The van der Waals surface area contributed by atoms with E-state index in [1.165, 1.54) is 117 Å². The SMILES string of the molecule is C=C1CO[C@]2(CCCC3=Cc4c(cnn4-c4ccc(F)cc4)C[C@@]32C)C1.C=C1C[C@]2(CCCC3=Cc4c(cnn4-c4ccc(F)cc4)C[C@@]32C)OC1=O.CC1(O)CO[C@]2(CCCC3=Cc4c(cnn4-c4ccc(F)cc4)C[C@@]32C)C1.CC1CO[C@]2(CCCC3=Cc4c(cnn4-c4ccc(F)cc4)C[C@@]32C)C1.CC1C[C@@]2(CCCC3=Cc4c(cnn4-c4ccc(F)cc4)C[C@@]32C)OC1=O. The Hall–Kier alpha value is -11.2. The fraction of sp³-hybridized carbons (Fsp3) is 0.445. The molecule has 25 rings (SSSR count). The topological polar surface area (TPSA) is 190 Å². The summed E-state index contributed by atoms with van der Waals surface area (Å²) in [4.78, 5) is 24.4. The second kappa shape index (κ2) is 32.5. The largest absolute Gasteiger partial charge is 0.458 e. The lowest BCUT2D eigenvalue weighted by molar-refractivity contribution is -0.162. The van der Waals surface area contributed by atoms with Gasteiger partial charge < -0.3 is 28.8 Å². The molecule has 10 fully saturated rings. The third kappa shape index (κ3) is 14.6. The third-order valence-electron chi connectivity index (χ3n) is 33.9. The molecule has 0 bridgehead atoms. The minimum Gasteiger partial charge on any atom is -0.458 e. The molecule has 5 aliphatic heterocycles. The molecule has 5 spiro atoms. The van der Waals surface area contributed by atoms with Gasteiger partial charge in [-0.3, -0.25) is 4.79 Å². The molecule has 690 valence electrons. The number of aromatic nitrogens is 10. The Morgan fingerprint density at radius 1 is 0.368 bits per heavy atom. The van der Waals surface area contributed by atoms with Crippen LogP contribution in [0.2, 0.25) is 0 Å². The first-order valence-corrected chi connectivity index (χ1v) is 47.8. The number of hydrogen-bond acceptors (Lipinski definition) is 13. The highest BCUT2D eigenvalue weighted by Crippen LogP contribution is 2.65. The predicted octanol–water partition coefficient (Wildman–Crippen LogP) is 22.7. The highest BCUT2D eigenvalue weighted by molar-refractivity contribution is 5.91. The highest BCUT2D eigenvalue weighted by atomic mass is 19.1. The lowest BCUT2D eigenvalue weighted by Crippen LogP contribution is -2.52. The molecule has 5 aromatic heterocycles. The molecule has 15 aliphatic rings. The standard InChI is InChI=1S/C22H25FN2O2.C22H23FN2O2.C22H21FN2O2.C22H25FN2O.C22H23FN2O/c1-20(26)13-22(27-14-20)9-3-4-16-10-19-15(11-21(16,22)2)12-24-25(19)18-7-5-17(23)6-8-18;2*1-14-11-22(27-20(14)26)9-3-4-16-10-19-15(12-21(16,22)2)13-24-25(19)18-7-5-17(23)6-8-18;2*1-15-11-22(26-14-15)9-3-4-17-10-20-16(12-21(17,22)2)13-24-25(20)19-7-5-18(23)6-8-19/h5-8,10,12,26H,3-4,9,11,13-14H2,1-2H3;5-8,10,13-14H,3-4,9,11-12H2,1-2H3;5-8,10,13H,1,3-4,9,11-12H2,2H3;5-8,10,13,15H,3-4,9,11-12,14H2,1-2H3;5-8,10,13H,1,3-4,9,11-12,14H2,2H3/t20?,21-,22+;14?,21-,22+;21-,22-;15?,21-,22+;21-,22+/m00000/s1. The van der Waals surface area contributed by atoms with E-state index in [2.05, 4.69) is 111 Å².